The first-order chi connectivity index (χ1) is 9.92. The van der Waals surface area contributed by atoms with E-state index in [0.29, 0.717) is 5.56 Å². The third-order valence-electron chi connectivity index (χ3n) is 2.52. The smallest absolute Gasteiger partial charge is 0.409 e. The standard InChI is InChI=1S/C13H16Cl2F3NO2Si/c1-22(2,3)21-10(7-19-12(20)13(16,17)18)11-8(14)5-4-6-9(11)15/h4-6,10H,7H2,1-3H3,(H,19,20)/t10-/m0/s1. The quantitative estimate of drug-likeness (QED) is 0.767. The number of hydrogen-bond donors (Lipinski definition) is 1. The minimum atomic E-state index is -4.95. The molecule has 1 amide bonds. The summed E-state index contributed by atoms with van der Waals surface area (Å²) in [5, 5.41) is 2.36. The van der Waals surface area contributed by atoms with Gasteiger partial charge in [0.15, 0.2) is 8.32 Å². The molecule has 22 heavy (non-hydrogen) atoms. The van der Waals surface area contributed by atoms with E-state index in [1.165, 1.54) is 0 Å². The Morgan fingerprint density at radius 3 is 2.18 bits per heavy atom. The summed E-state index contributed by atoms with van der Waals surface area (Å²) in [4.78, 5) is 11.0. The highest BCUT2D eigenvalue weighted by atomic mass is 35.5. The molecule has 0 saturated heterocycles. The van der Waals surface area contributed by atoms with Gasteiger partial charge in [0.1, 0.15) is 0 Å². The third kappa shape index (κ3) is 5.79. The molecular formula is C13H16Cl2F3NO2Si. The summed E-state index contributed by atoms with van der Waals surface area (Å²) in [5.74, 6) is -2.03. The molecule has 0 spiro atoms. The fourth-order valence-corrected chi connectivity index (χ4v) is 3.43. The van der Waals surface area contributed by atoms with Crippen LogP contribution in [0.5, 0.6) is 0 Å². The highest BCUT2D eigenvalue weighted by Crippen LogP contribution is 2.34. The monoisotopic (exact) mass is 373 g/mol. The van der Waals surface area contributed by atoms with E-state index in [1.54, 1.807) is 18.2 Å². The fraction of sp³-hybridized carbons (Fsp3) is 0.462. The van der Waals surface area contributed by atoms with Crippen molar-refractivity contribution in [3.8, 4) is 0 Å². The predicted octanol–water partition coefficient (Wildman–Crippen LogP) is 4.56. The molecule has 1 rings (SSSR count). The summed E-state index contributed by atoms with van der Waals surface area (Å²) in [6.07, 6.45) is -5.80. The van der Waals surface area contributed by atoms with Gasteiger partial charge in [-0.1, -0.05) is 29.3 Å². The number of benzene rings is 1. The van der Waals surface area contributed by atoms with Crippen molar-refractivity contribution in [2.24, 2.45) is 0 Å². The number of halogens is 5. The number of alkyl halides is 3. The van der Waals surface area contributed by atoms with Gasteiger partial charge in [-0.25, -0.2) is 0 Å². The van der Waals surface area contributed by atoms with Crippen molar-refractivity contribution in [3.63, 3.8) is 0 Å². The lowest BCUT2D eigenvalue weighted by Crippen LogP contribution is -2.41. The predicted molar refractivity (Wildman–Crippen MR) is 82.7 cm³/mol. The van der Waals surface area contributed by atoms with Crippen LogP contribution < -0.4 is 5.32 Å². The molecule has 3 nitrogen and oxygen atoms in total. The van der Waals surface area contributed by atoms with Crippen molar-refractivity contribution < 1.29 is 22.4 Å². The third-order valence-corrected chi connectivity index (χ3v) is 4.17. The van der Waals surface area contributed by atoms with E-state index in [4.69, 9.17) is 27.6 Å². The van der Waals surface area contributed by atoms with Gasteiger partial charge in [-0.2, -0.15) is 13.2 Å². The number of hydrogen-bond acceptors (Lipinski definition) is 2. The van der Waals surface area contributed by atoms with Crippen molar-refractivity contribution in [2.75, 3.05) is 6.54 Å². The molecule has 0 aromatic heterocycles. The van der Waals surface area contributed by atoms with Crippen LogP contribution in [0.3, 0.4) is 0 Å². The molecule has 0 unspecified atom stereocenters. The Hall–Kier alpha value is -0.763. The molecule has 0 aliphatic rings. The van der Waals surface area contributed by atoms with Gasteiger partial charge in [-0.3, -0.25) is 4.79 Å². The van der Waals surface area contributed by atoms with Crippen LogP contribution in [0.4, 0.5) is 13.2 Å². The molecule has 0 bridgehead atoms. The van der Waals surface area contributed by atoms with E-state index in [-0.39, 0.29) is 16.6 Å². The van der Waals surface area contributed by atoms with Crippen LogP contribution in [-0.4, -0.2) is 26.9 Å². The summed E-state index contributed by atoms with van der Waals surface area (Å²) >= 11 is 12.1. The van der Waals surface area contributed by atoms with Gasteiger partial charge in [0.2, 0.25) is 0 Å². The van der Waals surface area contributed by atoms with Crippen molar-refractivity contribution in [2.45, 2.75) is 31.9 Å². The van der Waals surface area contributed by atoms with E-state index in [2.05, 4.69) is 0 Å². The van der Waals surface area contributed by atoms with E-state index in [1.807, 2.05) is 25.0 Å². The molecule has 0 saturated carbocycles. The van der Waals surface area contributed by atoms with Crippen LogP contribution in [0, 0.1) is 0 Å². The van der Waals surface area contributed by atoms with Crippen LogP contribution in [-0.2, 0) is 9.22 Å². The molecule has 0 aliphatic carbocycles. The average Bonchev–Trinajstić information content (AvgIpc) is 2.32. The van der Waals surface area contributed by atoms with Crippen LogP contribution in [0.1, 0.15) is 11.7 Å². The van der Waals surface area contributed by atoms with Crippen LogP contribution in [0.2, 0.25) is 29.7 Å². The Morgan fingerprint density at radius 2 is 1.77 bits per heavy atom. The number of carbonyl (C=O) groups is 1. The molecular weight excluding hydrogens is 358 g/mol. The van der Waals surface area contributed by atoms with Crippen LogP contribution >= 0.6 is 23.2 Å². The molecule has 0 fully saturated rings. The first kappa shape index (κ1) is 19.3. The Kier molecular flexibility index (Phi) is 6.32. The number of amides is 1. The topological polar surface area (TPSA) is 38.3 Å². The van der Waals surface area contributed by atoms with Gasteiger partial charge in [-0.15, -0.1) is 0 Å². The van der Waals surface area contributed by atoms with Crippen molar-refractivity contribution in [1.82, 2.24) is 5.32 Å². The lowest BCUT2D eigenvalue weighted by atomic mass is 10.1. The second kappa shape index (κ2) is 7.21. The number of carbonyl (C=O) groups excluding carboxylic acids is 1. The Labute approximate surface area is 137 Å². The summed E-state index contributed by atoms with van der Waals surface area (Å²) in [5.41, 5.74) is 0.371. The Balaban J connectivity index is 3.02. The maximum atomic E-state index is 12.3. The zero-order valence-corrected chi connectivity index (χ0v) is 14.7. The minimum Gasteiger partial charge on any atom is -0.409 e. The van der Waals surface area contributed by atoms with Gasteiger partial charge < -0.3 is 9.74 Å². The summed E-state index contributed by atoms with van der Waals surface area (Å²) in [6, 6.07) is 4.75. The maximum absolute atomic E-state index is 12.3. The van der Waals surface area contributed by atoms with E-state index in [0.717, 1.165) is 0 Å². The molecule has 0 heterocycles. The van der Waals surface area contributed by atoms with Crippen molar-refractivity contribution in [1.29, 1.82) is 0 Å². The molecule has 1 N–H and O–H groups in total. The first-order valence-electron chi connectivity index (χ1n) is 6.38. The molecule has 1 aromatic rings. The zero-order chi connectivity index (χ0) is 17.1. The Morgan fingerprint density at radius 1 is 1.27 bits per heavy atom. The maximum Gasteiger partial charge on any atom is 0.471 e. The summed E-state index contributed by atoms with van der Waals surface area (Å²) in [7, 11) is -2.12. The van der Waals surface area contributed by atoms with Crippen LogP contribution in [0.25, 0.3) is 0 Å². The van der Waals surface area contributed by atoms with Gasteiger partial charge >= 0.3 is 12.1 Å². The highest BCUT2D eigenvalue weighted by Gasteiger charge is 2.39. The second-order valence-corrected chi connectivity index (χ2v) is 10.8. The molecule has 0 aliphatic heterocycles. The lowest BCUT2D eigenvalue weighted by Gasteiger charge is -2.28. The average molecular weight is 374 g/mol. The largest absolute Gasteiger partial charge is 0.471 e. The second-order valence-electron chi connectivity index (χ2n) is 5.56. The fourth-order valence-electron chi connectivity index (χ4n) is 1.73. The first-order valence-corrected chi connectivity index (χ1v) is 10.5. The van der Waals surface area contributed by atoms with Crippen molar-refractivity contribution >= 4 is 37.4 Å². The lowest BCUT2D eigenvalue weighted by molar-refractivity contribution is -0.173. The summed E-state index contributed by atoms with van der Waals surface area (Å²) < 4.78 is 42.7. The molecule has 1 atom stereocenters. The van der Waals surface area contributed by atoms with E-state index in [9.17, 15) is 18.0 Å². The summed E-state index contributed by atoms with van der Waals surface area (Å²) in [6.45, 7) is 5.25. The van der Waals surface area contributed by atoms with Gasteiger partial charge in [0.05, 0.1) is 6.10 Å². The van der Waals surface area contributed by atoms with E-state index >= 15 is 0 Å². The zero-order valence-electron chi connectivity index (χ0n) is 12.2. The van der Waals surface area contributed by atoms with Gasteiger partial charge in [0, 0.05) is 22.2 Å². The molecule has 9 heteroatoms. The molecule has 1 aromatic carbocycles. The van der Waals surface area contributed by atoms with E-state index < -0.39 is 26.5 Å². The minimum absolute atomic E-state index is 0.275. The highest BCUT2D eigenvalue weighted by molar-refractivity contribution is 6.69. The molecule has 0 radical (unpaired) electrons. The molecule has 124 valence electrons. The van der Waals surface area contributed by atoms with Crippen LogP contribution in [0.15, 0.2) is 18.2 Å². The van der Waals surface area contributed by atoms with Crippen molar-refractivity contribution in [3.05, 3.63) is 33.8 Å². The normalized spacial score (nSPS) is 13.8. The number of nitrogens with one attached hydrogen (secondary N) is 1. The number of rotatable bonds is 5. The Bertz CT molecular complexity index is 527. The van der Waals surface area contributed by atoms with Gasteiger partial charge in [-0.05, 0) is 31.8 Å². The SMILES string of the molecule is C[Si](C)(C)O[C@@H](CNC(=O)C(F)(F)F)c1c(Cl)cccc1Cl. The van der Waals surface area contributed by atoms with Gasteiger partial charge in [0.25, 0.3) is 0 Å².